The van der Waals surface area contributed by atoms with Crippen molar-refractivity contribution in [1.29, 1.82) is 0 Å². The first kappa shape index (κ1) is 60.7. The number of quaternary nitrogens is 1. The van der Waals surface area contributed by atoms with E-state index in [4.69, 9.17) is 18.9 Å². The van der Waals surface area contributed by atoms with Gasteiger partial charge in [0.25, 0.3) is 0 Å². The zero-order chi connectivity index (χ0) is 47.0. The number of carboxylic acid groups (broad SMARTS) is 1. The van der Waals surface area contributed by atoms with Crippen LogP contribution in [0.3, 0.4) is 0 Å². The van der Waals surface area contributed by atoms with E-state index >= 15 is 0 Å². The average Bonchev–Trinajstić information content (AvgIpc) is 3.26. The number of allylic oxidation sites excluding steroid dienone is 12. The third-order valence-electron chi connectivity index (χ3n) is 10.7. The van der Waals surface area contributed by atoms with E-state index < -0.39 is 24.3 Å². The van der Waals surface area contributed by atoms with Gasteiger partial charge >= 0.3 is 11.9 Å². The van der Waals surface area contributed by atoms with Crippen molar-refractivity contribution in [2.45, 2.75) is 212 Å². The van der Waals surface area contributed by atoms with Crippen LogP contribution in [-0.2, 0) is 33.3 Å². The van der Waals surface area contributed by atoms with Gasteiger partial charge in [0.2, 0.25) is 0 Å². The molecule has 0 aromatic heterocycles. The molecule has 2 unspecified atom stereocenters. The summed E-state index contributed by atoms with van der Waals surface area (Å²) in [4.78, 5) is 37.0. The molecule has 2 atom stereocenters. The maximum atomic E-state index is 12.8. The van der Waals surface area contributed by atoms with Crippen LogP contribution in [-0.4, -0.2) is 82.3 Å². The van der Waals surface area contributed by atoms with Crippen molar-refractivity contribution in [3.8, 4) is 0 Å². The molecule has 0 N–H and O–H groups in total. The molecule has 0 aliphatic rings. The lowest BCUT2D eigenvalue weighted by Crippen LogP contribution is -2.44. The van der Waals surface area contributed by atoms with Gasteiger partial charge in [-0.2, -0.15) is 0 Å². The summed E-state index contributed by atoms with van der Waals surface area (Å²) in [5.41, 5.74) is 0. The third kappa shape index (κ3) is 46.7. The van der Waals surface area contributed by atoms with E-state index in [0.29, 0.717) is 17.4 Å². The minimum Gasteiger partial charge on any atom is -0.545 e. The van der Waals surface area contributed by atoms with Crippen LogP contribution in [0, 0.1) is 0 Å². The fourth-order valence-corrected chi connectivity index (χ4v) is 6.74. The third-order valence-corrected chi connectivity index (χ3v) is 10.7. The molecule has 0 amide bonds. The topological polar surface area (TPSA) is 111 Å². The summed E-state index contributed by atoms with van der Waals surface area (Å²) < 4.78 is 22.6. The molecule has 0 spiro atoms. The molecular formula is C55H95NO8. The molecule has 9 heteroatoms. The Bertz CT molecular complexity index is 1280. The summed E-state index contributed by atoms with van der Waals surface area (Å²) in [5, 5.41) is 11.7. The Hall–Kier alpha value is -3.27. The van der Waals surface area contributed by atoms with Crippen molar-refractivity contribution in [3.63, 3.8) is 0 Å². The maximum Gasteiger partial charge on any atom is 0.306 e. The Balaban J connectivity index is 4.18. The molecule has 9 nitrogen and oxygen atoms in total. The van der Waals surface area contributed by atoms with Crippen molar-refractivity contribution in [2.24, 2.45) is 0 Å². The summed E-state index contributed by atoms with van der Waals surface area (Å²) in [5.74, 6) is -2.30. The van der Waals surface area contributed by atoms with Gasteiger partial charge in [-0.3, -0.25) is 9.59 Å². The molecule has 0 saturated heterocycles. The molecule has 368 valence electrons. The van der Waals surface area contributed by atoms with Gasteiger partial charge in [0.1, 0.15) is 13.2 Å². The number of unbranched alkanes of at least 4 members (excludes halogenated alkanes) is 19. The van der Waals surface area contributed by atoms with E-state index in [-0.39, 0.29) is 38.6 Å². The minimum absolute atomic E-state index is 0.144. The zero-order valence-corrected chi connectivity index (χ0v) is 41.6. The normalized spacial score (nSPS) is 13.5. The Kier molecular flexibility index (Phi) is 43.9. The lowest BCUT2D eigenvalue weighted by atomic mass is 10.0. The van der Waals surface area contributed by atoms with Crippen LogP contribution >= 0.6 is 0 Å². The van der Waals surface area contributed by atoms with Crippen LogP contribution in [0.4, 0.5) is 0 Å². The highest BCUT2D eigenvalue weighted by atomic mass is 16.7. The van der Waals surface area contributed by atoms with Crippen LogP contribution in [0.25, 0.3) is 0 Å². The van der Waals surface area contributed by atoms with Crippen LogP contribution in [0.1, 0.15) is 200 Å². The summed E-state index contributed by atoms with van der Waals surface area (Å²) in [7, 11) is 5.90. The highest BCUT2D eigenvalue weighted by molar-refractivity contribution is 5.70. The zero-order valence-electron chi connectivity index (χ0n) is 41.6. The molecule has 0 bridgehead atoms. The highest BCUT2D eigenvalue weighted by Crippen LogP contribution is 2.15. The van der Waals surface area contributed by atoms with Gasteiger partial charge in [-0.1, -0.05) is 183 Å². The number of likely N-dealkylation sites (N-methyl/N-ethyl adjacent to an activating group) is 1. The molecule has 0 aliphatic carbocycles. The van der Waals surface area contributed by atoms with Gasteiger partial charge in [-0.25, -0.2) is 0 Å². The van der Waals surface area contributed by atoms with Crippen LogP contribution in [0.15, 0.2) is 72.9 Å². The number of carbonyl (C=O) groups excluding carboxylic acids is 3. The highest BCUT2D eigenvalue weighted by Gasteiger charge is 2.21. The number of carboxylic acids is 1. The van der Waals surface area contributed by atoms with Crippen molar-refractivity contribution in [2.75, 3.05) is 47.5 Å². The number of aliphatic carboxylic acids is 1. The molecule has 0 fully saturated rings. The van der Waals surface area contributed by atoms with Gasteiger partial charge < -0.3 is 33.3 Å². The molecule has 0 aliphatic heterocycles. The van der Waals surface area contributed by atoms with Gasteiger partial charge in [0.05, 0.1) is 40.3 Å². The smallest absolute Gasteiger partial charge is 0.306 e. The Morgan fingerprint density at radius 1 is 0.484 bits per heavy atom. The number of hydrogen-bond donors (Lipinski definition) is 0. The van der Waals surface area contributed by atoms with E-state index in [1.54, 1.807) is 0 Å². The number of hydrogen-bond acceptors (Lipinski definition) is 8. The average molecular weight is 898 g/mol. The van der Waals surface area contributed by atoms with E-state index in [9.17, 15) is 19.5 Å². The summed E-state index contributed by atoms with van der Waals surface area (Å²) in [6.45, 7) is 4.54. The monoisotopic (exact) mass is 898 g/mol. The van der Waals surface area contributed by atoms with Crippen LogP contribution in [0.2, 0.25) is 0 Å². The molecule has 0 aromatic rings. The predicted octanol–water partition coefficient (Wildman–Crippen LogP) is 12.9. The lowest BCUT2D eigenvalue weighted by molar-refractivity contribution is -0.870. The first-order valence-electron chi connectivity index (χ1n) is 25.6. The van der Waals surface area contributed by atoms with Crippen molar-refractivity contribution in [3.05, 3.63) is 72.9 Å². The largest absolute Gasteiger partial charge is 0.545 e. The molecule has 0 aromatic carbocycles. The number of ether oxygens (including phenoxy) is 4. The number of carbonyl (C=O) groups is 3. The Morgan fingerprint density at radius 3 is 1.34 bits per heavy atom. The van der Waals surface area contributed by atoms with Gasteiger partial charge in [0, 0.05) is 12.8 Å². The second kappa shape index (κ2) is 46.3. The van der Waals surface area contributed by atoms with Crippen LogP contribution in [0.5, 0.6) is 0 Å². The SMILES string of the molecule is CC/C=C\C/C=C\C/C=C\C/C=C\C/C=C\CCCCCCCCCCCCCCCC(=O)OC(COC(=O)CCCCCCC/C=C\CCC)COC(OCC[N+](C)(C)C)C(=O)[O-]. The molecular weight excluding hydrogens is 803 g/mol. The number of esters is 2. The van der Waals surface area contributed by atoms with E-state index in [0.717, 1.165) is 96.3 Å². The van der Waals surface area contributed by atoms with Crippen molar-refractivity contribution >= 4 is 17.9 Å². The number of nitrogens with zero attached hydrogens (tertiary/aromatic N) is 1. The van der Waals surface area contributed by atoms with E-state index in [1.165, 1.54) is 70.6 Å². The lowest BCUT2D eigenvalue weighted by Gasteiger charge is -2.26. The fourth-order valence-electron chi connectivity index (χ4n) is 6.74. The quantitative estimate of drug-likeness (QED) is 0.0195. The summed E-state index contributed by atoms with van der Waals surface area (Å²) in [6.07, 6.45) is 55.3. The maximum absolute atomic E-state index is 12.8. The Labute approximate surface area is 392 Å². The fraction of sp³-hybridized carbons (Fsp3) is 0.727. The van der Waals surface area contributed by atoms with Crippen LogP contribution < -0.4 is 5.11 Å². The van der Waals surface area contributed by atoms with E-state index in [2.05, 4.69) is 86.8 Å². The molecule has 0 rings (SSSR count). The molecule has 0 radical (unpaired) electrons. The second-order valence-corrected chi connectivity index (χ2v) is 18.1. The first-order valence-corrected chi connectivity index (χ1v) is 25.6. The van der Waals surface area contributed by atoms with Crippen molar-refractivity contribution in [1.82, 2.24) is 0 Å². The van der Waals surface area contributed by atoms with E-state index in [1.807, 2.05) is 21.1 Å². The molecule has 0 heterocycles. The Morgan fingerprint density at radius 2 is 0.891 bits per heavy atom. The second-order valence-electron chi connectivity index (χ2n) is 18.1. The molecule has 64 heavy (non-hydrogen) atoms. The minimum atomic E-state index is -1.62. The predicted molar refractivity (Wildman–Crippen MR) is 265 cm³/mol. The standard InChI is InChI=1S/C55H95NO8/c1-6-8-10-12-14-16-18-19-20-21-22-23-24-25-26-27-28-29-30-31-32-33-34-35-36-38-40-42-44-46-53(58)64-51(50-63-55(54(59)60)61-48-47-56(3,4)5)49-62-52(57)45-43-41-39-37-17-15-13-11-9-7-2/h8,10-11,13-14,16,19-20,22-23,25-26,51,55H,6-7,9,12,15,17-18,21,24,27-50H2,1-5H3/b10-8-,13-11-,16-14-,20-19-,23-22-,26-25-. The molecule has 0 saturated carbocycles. The van der Waals surface area contributed by atoms with Crippen molar-refractivity contribution < 1.29 is 42.9 Å². The van der Waals surface area contributed by atoms with Gasteiger partial charge in [-0.15, -0.1) is 0 Å². The van der Waals surface area contributed by atoms with Gasteiger partial charge in [-0.05, 0) is 77.0 Å². The summed E-state index contributed by atoms with van der Waals surface area (Å²) >= 11 is 0. The summed E-state index contributed by atoms with van der Waals surface area (Å²) in [6, 6.07) is 0. The first-order chi connectivity index (χ1) is 31.1. The number of rotatable bonds is 46. The van der Waals surface area contributed by atoms with Gasteiger partial charge in [0.15, 0.2) is 12.4 Å².